The van der Waals surface area contributed by atoms with Crippen LogP contribution in [0.4, 0.5) is 4.39 Å². The number of hydrogen-bond acceptors (Lipinski definition) is 4. The van der Waals surface area contributed by atoms with Crippen molar-refractivity contribution >= 4 is 5.91 Å². The van der Waals surface area contributed by atoms with E-state index in [0.717, 1.165) is 0 Å². The van der Waals surface area contributed by atoms with E-state index in [1.54, 1.807) is 24.3 Å². The molecule has 1 amide bonds. The van der Waals surface area contributed by atoms with Gasteiger partial charge >= 0.3 is 0 Å². The van der Waals surface area contributed by atoms with E-state index in [1.807, 2.05) is 0 Å². The van der Waals surface area contributed by atoms with Crippen LogP contribution in [0.25, 0.3) is 11.3 Å². The van der Waals surface area contributed by atoms with Crippen molar-refractivity contribution in [3.05, 3.63) is 48.0 Å². The van der Waals surface area contributed by atoms with Crippen molar-refractivity contribution in [3.63, 3.8) is 0 Å². The summed E-state index contributed by atoms with van der Waals surface area (Å²) in [5.74, 6) is -0.307. The van der Waals surface area contributed by atoms with E-state index >= 15 is 0 Å². The molecule has 0 aliphatic carbocycles. The number of furan rings is 1. The zero-order valence-electron chi connectivity index (χ0n) is 12.0. The Morgan fingerprint density at radius 1 is 1.23 bits per heavy atom. The quantitative estimate of drug-likeness (QED) is 0.734. The molecule has 2 aromatic rings. The first-order valence-electron chi connectivity index (χ1n) is 7.04. The number of aliphatic hydroxyl groups is 1. The summed E-state index contributed by atoms with van der Waals surface area (Å²) in [5.41, 5.74) is 0.318. The molecule has 2 N–H and O–H groups in total. The molecule has 118 valence electrons. The molecule has 0 radical (unpaired) electrons. The van der Waals surface area contributed by atoms with Crippen LogP contribution in [0.15, 0.2) is 40.8 Å². The largest absolute Gasteiger partial charge is 0.451 e. The van der Waals surface area contributed by atoms with Crippen LogP contribution in [-0.4, -0.2) is 37.4 Å². The number of benzene rings is 1. The van der Waals surface area contributed by atoms with Crippen molar-refractivity contribution < 1.29 is 23.4 Å². The third-order valence-corrected chi connectivity index (χ3v) is 2.96. The number of rotatable bonds is 8. The molecular weight excluding hydrogens is 289 g/mol. The standard InChI is InChI=1S/C16H18FNO4/c17-13-5-2-1-4-12(13)14-6-7-15(22-14)16(20)18-8-3-10-21-11-9-19/h1-2,4-7,19H,3,8-11H2,(H,18,20). The van der Waals surface area contributed by atoms with Gasteiger partial charge in [-0.1, -0.05) is 12.1 Å². The summed E-state index contributed by atoms with van der Waals surface area (Å²) in [5, 5.41) is 11.2. The van der Waals surface area contributed by atoms with E-state index in [2.05, 4.69) is 5.32 Å². The van der Waals surface area contributed by atoms with E-state index < -0.39 is 5.82 Å². The lowest BCUT2D eigenvalue weighted by atomic mass is 10.1. The second-order valence-electron chi connectivity index (χ2n) is 4.59. The number of aliphatic hydroxyl groups excluding tert-OH is 1. The predicted octanol–water partition coefficient (Wildman–Crippen LogP) is 2.21. The summed E-state index contributed by atoms with van der Waals surface area (Å²) in [7, 11) is 0. The van der Waals surface area contributed by atoms with Gasteiger partial charge in [-0.25, -0.2) is 4.39 Å². The third-order valence-electron chi connectivity index (χ3n) is 2.96. The molecule has 6 heteroatoms. The van der Waals surface area contributed by atoms with Gasteiger partial charge in [-0.15, -0.1) is 0 Å². The van der Waals surface area contributed by atoms with Gasteiger partial charge in [0, 0.05) is 13.2 Å². The highest BCUT2D eigenvalue weighted by molar-refractivity contribution is 5.92. The molecule has 0 aliphatic rings. The SMILES string of the molecule is O=C(NCCCOCCO)c1ccc(-c2ccccc2F)o1. The van der Waals surface area contributed by atoms with Crippen LogP contribution >= 0.6 is 0 Å². The average molecular weight is 307 g/mol. The Kier molecular flexibility index (Phi) is 6.12. The van der Waals surface area contributed by atoms with Crippen molar-refractivity contribution in [2.24, 2.45) is 0 Å². The highest BCUT2D eigenvalue weighted by atomic mass is 19.1. The summed E-state index contributed by atoms with van der Waals surface area (Å²) in [6.45, 7) is 1.16. The maximum absolute atomic E-state index is 13.6. The number of amides is 1. The van der Waals surface area contributed by atoms with Crippen molar-refractivity contribution in [2.45, 2.75) is 6.42 Å². The molecule has 5 nitrogen and oxygen atoms in total. The van der Waals surface area contributed by atoms with Gasteiger partial charge in [0.1, 0.15) is 11.6 Å². The van der Waals surface area contributed by atoms with Gasteiger partial charge in [-0.05, 0) is 30.7 Å². The molecule has 0 spiro atoms. The van der Waals surface area contributed by atoms with Gasteiger partial charge in [-0.2, -0.15) is 0 Å². The molecule has 2 rings (SSSR count). The molecule has 0 unspecified atom stereocenters. The van der Waals surface area contributed by atoms with Gasteiger partial charge in [0.25, 0.3) is 5.91 Å². The summed E-state index contributed by atoms with van der Waals surface area (Å²) < 4.78 is 24.1. The smallest absolute Gasteiger partial charge is 0.287 e. The van der Waals surface area contributed by atoms with E-state index in [-0.39, 0.29) is 24.9 Å². The Morgan fingerprint density at radius 3 is 2.82 bits per heavy atom. The fourth-order valence-electron chi connectivity index (χ4n) is 1.90. The van der Waals surface area contributed by atoms with E-state index in [0.29, 0.717) is 30.9 Å². The number of ether oxygens (including phenoxy) is 1. The average Bonchev–Trinajstić information content (AvgIpc) is 3.01. The molecule has 1 aromatic heterocycles. The summed E-state index contributed by atoms with van der Waals surface area (Å²) in [6, 6.07) is 9.30. The molecule has 0 saturated carbocycles. The zero-order valence-corrected chi connectivity index (χ0v) is 12.0. The maximum Gasteiger partial charge on any atom is 0.287 e. The lowest BCUT2D eigenvalue weighted by Crippen LogP contribution is -2.24. The minimum Gasteiger partial charge on any atom is -0.451 e. The highest BCUT2D eigenvalue weighted by Gasteiger charge is 2.13. The van der Waals surface area contributed by atoms with Crippen LogP contribution in [-0.2, 0) is 4.74 Å². The lowest BCUT2D eigenvalue weighted by Gasteiger charge is -2.04. The minimum absolute atomic E-state index is 0.0163. The van der Waals surface area contributed by atoms with E-state index in [4.69, 9.17) is 14.3 Å². The lowest BCUT2D eigenvalue weighted by molar-refractivity contribution is 0.0856. The fourth-order valence-corrected chi connectivity index (χ4v) is 1.90. The van der Waals surface area contributed by atoms with E-state index in [9.17, 15) is 9.18 Å². The first-order valence-corrected chi connectivity index (χ1v) is 7.04. The molecule has 22 heavy (non-hydrogen) atoms. The van der Waals surface area contributed by atoms with Gasteiger partial charge < -0.3 is 19.6 Å². The van der Waals surface area contributed by atoms with Gasteiger partial charge in [-0.3, -0.25) is 4.79 Å². The number of carbonyl (C=O) groups excluding carboxylic acids is 1. The van der Waals surface area contributed by atoms with Crippen LogP contribution in [0.2, 0.25) is 0 Å². The maximum atomic E-state index is 13.6. The Hall–Kier alpha value is -2.18. The first-order chi connectivity index (χ1) is 10.7. The summed E-state index contributed by atoms with van der Waals surface area (Å²) >= 11 is 0. The highest BCUT2D eigenvalue weighted by Crippen LogP contribution is 2.24. The van der Waals surface area contributed by atoms with Gasteiger partial charge in [0.2, 0.25) is 0 Å². The second kappa shape index (κ2) is 8.31. The fraction of sp³-hybridized carbons (Fsp3) is 0.312. The summed E-state index contributed by atoms with van der Waals surface area (Å²) in [4.78, 5) is 11.9. The van der Waals surface area contributed by atoms with Crippen molar-refractivity contribution in [3.8, 4) is 11.3 Å². The Balaban J connectivity index is 1.86. The van der Waals surface area contributed by atoms with Crippen molar-refractivity contribution in [1.29, 1.82) is 0 Å². The number of halogens is 1. The molecule has 0 atom stereocenters. The molecule has 1 aromatic carbocycles. The second-order valence-corrected chi connectivity index (χ2v) is 4.59. The molecule has 0 saturated heterocycles. The van der Waals surface area contributed by atoms with Crippen molar-refractivity contribution in [1.82, 2.24) is 5.32 Å². The normalized spacial score (nSPS) is 10.6. The van der Waals surface area contributed by atoms with Crippen LogP contribution in [0, 0.1) is 5.82 Å². The van der Waals surface area contributed by atoms with Crippen LogP contribution < -0.4 is 5.32 Å². The number of hydrogen-bond donors (Lipinski definition) is 2. The van der Waals surface area contributed by atoms with Crippen LogP contribution in [0.3, 0.4) is 0 Å². The van der Waals surface area contributed by atoms with Gasteiger partial charge in [0.15, 0.2) is 5.76 Å². The van der Waals surface area contributed by atoms with Gasteiger partial charge in [0.05, 0.1) is 18.8 Å². The molecular formula is C16H18FNO4. The van der Waals surface area contributed by atoms with Crippen LogP contribution in [0.1, 0.15) is 17.0 Å². The third kappa shape index (κ3) is 4.41. The monoisotopic (exact) mass is 307 g/mol. The topological polar surface area (TPSA) is 71.7 Å². The summed E-state index contributed by atoms with van der Waals surface area (Å²) in [6.07, 6.45) is 0.632. The Labute approximate surface area is 127 Å². The predicted molar refractivity (Wildman–Crippen MR) is 79.0 cm³/mol. The molecule has 0 fully saturated rings. The minimum atomic E-state index is -0.398. The zero-order chi connectivity index (χ0) is 15.8. The molecule has 1 heterocycles. The van der Waals surface area contributed by atoms with E-state index in [1.165, 1.54) is 12.1 Å². The number of carbonyl (C=O) groups is 1. The Bertz CT molecular complexity index is 612. The molecule has 0 bridgehead atoms. The number of nitrogens with one attached hydrogen (secondary N) is 1. The first kappa shape index (κ1) is 16.2. The molecule has 0 aliphatic heterocycles. The van der Waals surface area contributed by atoms with Crippen molar-refractivity contribution in [2.75, 3.05) is 26.4 Å². The van der Waals surface area contributed by atoms with Crippen LogP contribution in [0.5, 0.6) is 0 Å². The Morgan fingerprint density at radius 2 is 2.05 bits per heavy atom.